The highest BCUT2D eigenvalue weighted by Crippen LogP contribution is 2.63. The molecule has 1 aliphatic heterocycles. The highest BCUT2D eigenvalue weighted by atomic mass is 16.7. The molecule has 0 radical (unpaired) electrons. The Kier molecular flexibility index (Phi) is 4.19. The zero-order chi connectivity index (χ0) is 20.6. The van der Waals surface area contributed by atoms with Gasteiger partial charge in [-0.2, -0.15) is 0 Å². The smallest absolute Gasteiger partial charge is 0.251 e. The summed E-state index contributed by atoms with van der Waals surface area (Å²) in [7, 11) is 0. The van der Waals surface area contributed by atoms with Crippen molar-refractivity contribution in [3.8, 4) is 11.5 Å². The van der Waals surface area contributed by atoms with Crippen LogP contribution in [0, 0.1) is 11.3 Å². The molecule has 3 heteroatoms. The Morgan fingerprint density at radius 3 is 2.31 bits per heavy atom. The van der Waals surface area contributed by atoms with Gasteiger partial charge in [0.05, 0.1) is 0 Å². The fourth-order valence-electron chi connectivity index (χ4n) is 6.98. The van der Waals surface area contributed by atoms with Crippen LogP contribution in [-0.2, 0) is 5.41 Å². The van der Waals surface area contributed by atoms with E-state index in [-0.39, 0.29) is 10.8 Å². The Morgan fingerprint density at radius 1 is 0.931 bits per heavy atom. The number of ether oxygens (including phenoxy) is 2. The van der Waals surface area contributed by atoms with Crippen molar-refractivity contribution in [3.63, 3.8) is 0 Å². The summed E-state index contributed by atoms with van der Waals surface area (Å²) in [6, 6.07) is 2.16. The number of ketones is 1. The van der Waals surface area contributed by atoms with Crippen LogP contribution in [0.2, 0.25) is 0 Å². The van der Waals surface area contributed by atoms with Crippen LogP contribution in [0.4, 0.5) is 0 Å². The maximum atomic E-state index is 13.4. The summed E-state index contributed by atoms with van der Waals surface area (Å²) in [4.78, 5) is 13.4. The van der Waals surface area contributed by atoms with E-state index >= 15 is 0 Å². The lowest BCUT2D eigenvalue weighted by Gasteiger charge is -2.54. The first-order valence-corrected chi connectivity index (χ1v) is 11.8. The van der Waals surface area contributed by atoms with Gasteiger partial charge < -0.3 is 9.47 Å². The molecule has 2 atom stereocenters. The molecule has 158 valence electrons. The number of hydrogen-bond acceptors (Lipinski definition) is 3. The molecule has 0 N–H and O–H groups in total. The van der Waals surface area contributed by atoms with Crippen LogP contribution in [-0.4, -0.2) is 11.6 Å². The van der Waals surface area contributed by atoms with Gasteiger partial charge >= 0.3 is 0 Å². The minimum atomic E-state index is -0.504. The molecular weight excluding hydrogens is 360 g/mol. The topological polar surface area (TPSA) is 35.5 Å². The molecule has 1 heterocycles. The summed E-state index contributed by atoms with van der Waals surface area (Å²) in [6.07, 6.45) is 9.67. The number of hydrogen-bond donors (Lipinski definition) is 0. The van der Waals surface area contributed by atoms with E-state index < -0.39 is 5.79 Å². The van der Waals surface area contributed by atoms with Gasteiger partial charge in [-0.05, 0) is 49.0 Å². The fourth-order valence-corrected chi connectivity index (χ4v) is 6.98. The van der Waals surface area contributed by atoms with Crippen molar-refractivity contribution in [3.05, 3.63) is 22.8 Å². The van der Waals surface area contributed by atoms with E-state index in [1.807, 2.05) is 0 Å². The third-order valence-electron chi connectivity index (χ3n) is 8.57. The molecule has 2 fully saturated rings. The Bertz CT molecular complexity index is 859. The number of benzene rings is 1. The van der Waals surface area contributed by atoms with E-state index in [4.69, 9.17) is 9.47 Å². The van der Waals surface area contributed by atoms with Crippen LogP contribution < -0.4 is 9.47 Å². The van der Waals surface area contributed by atoms with Crippen molar-refractivity contribution in [2.75, 3.05) is 0 Å². The number of fused-ring (bicyclic) bond motifs is 5. The van der Waals surface area contributed by atoms with Crippen molar-refractivity contribution in [2.45, 2.75) is 110 Å². The van der Waals surface area contributed by atoms with E-state index in [0.29, 0.717) is 24.0 Å². The number of Topliss-reactive ketones (excluding diaryl/α,β-unsaturated/α-hetero) is 1. The maximum Gasteiger partial charge on any atom is 0.251 e. The van der Waals surface area contributed by atoms with Gasteiger partial charge in [-0.3, -0.25) is 4.79 Å². The Hall–Kier alpha value is -1.51. The second kappa shape index (κ2) is 6.25. The van der Waals surface area contributed by atoms with E-state index in [0.717, 1.165) is 54.7 Å². The van der Waals surface area contributed by atoms with Crippen LogP contribution in [0.5, 0.6) is 11.5 Å². The molecular formula is C26H36O3. The average molecular weight is 397 g/mol. The molecule has 3 nitrogen and oxygen atoms in total. The van der Waals surface area contributed by atoms with Gasteiger partial charge in [0.1, 0.15) is 0 Å². The molecule has 2 saturated carbocycles. The van der Waals surface area contributed by atoms with Gasteiger partial charge in [0, 0.05) is 41.4 Å². The van der Waals surface area contributed by atoms with Gasteiger partial charge in [-0.25, -0.2) is 0 Å². The second-order valence-electron chi connectivity index (χ2n) is 11.3. The van der Waals surface area contributed by atoms with Crippen molar-refractivity contribution < 1.29 is 14.3 Å². The number of carbonyl (C=O) groups excluding carboxylic acids is 1. The predicted octanol–water partition coefficient (Wildman–Crippen LogP) is 6.91. The van der Waals surface area contributed by atoms with Gasteiger partial charge in [-0.15, -0.1) is 0 Å². The zero-order valence-electron chi connectivity index (χ0n) is 18.8. The highest BCUT2D eigenvalue weighted by molar-refractivity contribution is 6.01. The molecule has 0 saturated heterocycles. The molecule has 0 aromatic heterocycles. The minimum absolute atomic E-state index is 0.0197. The molecule has 0 unspecified atom stereocenters. The van der Waals surface area contributed by atoms with Gasteiger partial charge in [0.2, 0.25) is 0 Å². The van der Waals surface area contributed by atoms with Crippen LogP contribution >= 0.6 is 0 Å². The summed E-state index contributed by atoms with van der Waals surface area (Å²) in [5.74, 6) is 2.33. The van der Waals surface area contributed by atoms with Gasteiger partial charge in [0.25, 0.3) is 5.79 Å². The monoisotopic (exact) mass is 396 g/mol. The maximum absolute atomic E-state index is 13.4. The molecule has 5 rings (SSSR count). The molecule has 0 amide bonds. The Labute approximate surface area is 175 Å². The number of carbonyl (C=O) groups is 1. The molecule has 4 aliphatic rings. The minimum Gasteiger partial charge on any atom is -0.448 e. The number of rotatable bonds is 1. The van der Waals surface area contributed by atoms with Gasteiger partial charge in [-0.1, -0.05) is 47.5 Å². The standard InChI is InChI=1S/C26H36O3/c1-16(2)17-14-18-19(27)15-20-24(3,4)10-9-11-25(20,5)21(18)23-22(17)28-26(29-23)12-7-6-8-13-26/h14,16,20H,6-13,15H2,1-5H3/t20-,25-/m0/s1. The van der Waals surface area contributed by atoms with Crippen molar-refractivity contribution in [1.29, 1.82) is 0 Å². The summed E-state index contributed by atoms with van der Waals surface area (Å²) in [6.45, 7) is 11.5. The zero-order valence-corrected chi connectivity index (χ0v) is 18.8. The molecule has 1 spiro atoms. The Balaban J connectivity index is 1.73. The summed E-state index contributed by atoms with van der Waals surface area (Å²) >= 11 is 0. The average Bonchev–Trinajstić information content (AvgIpc) is 3.00. The second-order valence-corrected chi connectivity index (χ2v) is 11.3. The van der Waals surface area contributed by atoms with Gasteiger partial charge in [0.15, 0.2) is 17.3 Å². The highest BCUT2D eigenvalue weighted by Gasteiger charge is 2.56. The third kappa shape index (κ3) is 2.72. The fraction of sp³-hybridized carbons (Fsp3) is 0.731. The molecule has 3 aliphatic carbocycles. The lowest BCUT2D eigenvalue weighted by Crippen LogP contribution is -2.49. The largest absolute Gasteiger partial charge is 0.448 e. The molecule has 1 aromatic carbocycles. The first kappa shape index (κ1) is 19.5. The quantitative estimate of drug-likeness (QED) is 0.517. The predicted molar refractivity (Wildman–Crippen MR) is 115 cm³/mol. The van der Waals surface area contributed by atoms with E-state index in [1.54, 1.807) is 0 Å². The lowest BCUT2D eigenvalue weighted by atomic mass is 9.50. The Morgan fingerprint density at radius 2 is 1.62 bits per heavy atom. The molecule has 1 aromatic rings. The first-order valence-electron chi connectivity index (χ1n) is 11.8. The third-order valence-corrected chi connectivity index (χ3v) is 8.57. The van der Waals surface area contributed by atoms with Crippen LogP contribution in [0.25, 0.3) is 0 Å². The lowest BCUT2D eigenvalue weighted by molar-refractivity contribution is -0.106. The summed E-state index contributed by atoms with van der Waals surface area (Å²) < 4.78 is 13.5. The van der Waals surface area contributed by atoms with Crippen molar-refractivity contribution in [2.24, 2.45) is 11.3 Å². The molecule has 29 heavy (non-hydrogen) atoms. The van der Waals surface area contributed by atoms with E-state index in [1.165, 1.54) is 24.8 Å². The summed E-state index contributed by atoms with van der Waals surface area (Å²) in [5, 5.41) is 0. The van der Waals surface area contributed by atoms with Crippen LogP contribution in [0.3, 0.4) is 0 Å². The van der Waals surface area contributed by atoms with Crippen molar-refractivity contribution in [1.82, 2.24) is 0 Å². The van der Waals surface area contributed by atoms with E-state index in [2.05, 4.69) is 40.7 Å². The van der Waals surface area contributed by atoms with Crippen LogP contribution in [0.1, 0.15) is 120 Å². The normalized spacial score (nSPS) is 31.7. The van der Waals surface area contributed by atoms with E-state index in [9.17, 15) is 4.79 Å². The van der Waals surface area contributed by atoms with Crippen LogP contribution in [0.15, 0.2) is 6.07 Å². The van der Waals surface area contributed by atoms with Crippen molar-refractivity contribution >= 4 is 5.78 Å². The molecule has 0 bridgehead atoms. The SMILES string of the molecule is CC(C)c1cc2c(c3c1OC1(CCCCC1)O3)[C@@]1(C)CCCC(C)(C)[C@@H]1CC2=O. The first-order chi connectivity index (χ1) is 13.7. The summed E-state index contributed by atoms with van der Waals surface area (Å²) in [5.41, 5.74) is 3.39.